The van der Waals surface area contributed by atoms with Gasteiger partial charge in [-0.2, -0.15) is 4.98 Å². The predicted octanol–water partition coefficient (Wildman–Crippen LogP) is 0.457. The summed E-state index contributed by atoms with van der Waals surface area (Å²) in [6.07, 6.45) is 1.30. The molecule has 69 valence electrons. The Kier molecular flexibility index (Phi) is 2.27. The molecule has 1 radical (unpaired) electrons. The third kappa shape index (κ3) is 1.86. The van der Waals surface area contributed by atoms with Gasteiger partial charge in [-0.1, -0.05) is 0 Å². The summed E-state index contributed by atoms with van der Waals surface area (Å²) in [5.41, 5.74) is 0. The first-order valence-corrected chi connectivity index (χ1v) is 4.18. The second-order valence-corrected chi connectivity index (χ2v) is 2.81. The standard InChI is InChI=1S/C8H10N3O2/c12-8-5-7(9-6-10-8)11-1-3-13-4-2-11/h5-6H,1-4H2. The lowest BCUT2D eigenvalue weighted by atomic mass is 10.4. The van der Waals surface area contributed by atoms with Crippen LogP contribution in [0.25, 0.3) is 0 Å². The Morgan fingerprint density at radius 1 is 1.31 bits per heavy atom. The summed E-state index contributed by atoms with van der Waals surface area (Å²) < 4.78 is 5.19. The van der Waals surface area contributed by atoms with E-state index in [1.807, 2.05) is 4.90 Å². The molecule has 0 saturated carbocycles. The van der Waals surface area contributed by atoms with Gasteiger partial charge in [-0.15, -0.1) is 0 Å². The van der Waals surface area contributed by atoms with Crippen LogP contribution in [0.15, 0.2) is 12.4 Å². The Hall–Kier alpha value is -1.36. The van der Waals surface area contributed by atoms with Gasteiger partial charge >= 0.3 is 0 Å². The van der Waals surface area contributed by atoms with Gasteiger partial charge in [-0.25, -0.2) is 4.98 Å². The second kappa shape index (κ2) is 3.57. The highest BCUT2D eigenvalue weighted by Crippen LogP contribution is 2.15. The largest absolute Gasteiger partial charge is 0.378 e. The highest BCUT2D eigenvalue weighted by Gasteiger charge is 2.12. The summed E-state index contributed by atoms with van der Waals surface area (Å²) in [6, 6.07) is 1.45. The molecule has 0 unspecified atom stereocenters. The van der Waals surface area contributed by atoms with Gasteiger partial charge < -0.3 is 9.64 Å². The van der Waals surface area contributed by atoms with Crippen LogP contribution in [0.2, 0.25) is 0 Å². The minimum absolute atomic E-state index is 0.239. The zero-order valence-corrected chi connectivity index (χ0v) is 7.14. The molecule has 5 heteroatoms. The van der Waals surface area contributed by atoms with Crippen molar-refractivity contribution in [2.75, 3.05) is 31.2 Å². The maximum absolute atomic E-state index is 10.9. The van der Waals surface area contributed by atoms with Crippen molar-refractivity contribution in [3.63, 3.8) is 0 Å². The lowest BCUT2D eigenvalue weighted by molar-refractivity contribution is 0.122. The molecule has 1 aromatic rings. The molecule has 0 bridgehead atoms. The first-order valence-electron chi connectivity index (χ1n) is 4.18. The Morgan fingerprint density at radius 3 is 2.77 bits per heavy atom. The van der Waals surface area contributed by atoms with Crippen LogP contribution in [0.1, 0.15) is 0 Å². The number of morpholine rings is 1. The summed E-state index contributed by atoms with van der Waals surface area (Å²) >= 11 is 0. The van der Waals surface area contributed by atoms with E-state index in [2.05, 4.69) is 9.97 Å². The molecule has 0 atom stereocenters. The highest BCUT2D eigenvalue weighted by atomic mass is 16.5. The molecule has 1 aliphatic rings. The quantitative estimate of drug-likeness (QED) is 0.629. The Morgan fingerprint density at radius 2 is 2.08 bits per heavy atom. The maximum Gasteiger partial charge on any atom is 0.274 e. The molecule has 0 aliphatic carbocycles. The normalized spacial score (nSPS) is 17.4. The van der Waals surface area contributed by atoms with Crippen molar-refractivity contribution >= 4 is 5.82 Å². The number of hydrogen-bond acceptors (Lipinski definition) is 4. The second-order valence-electron chi connectivity index (χ2n) is 2.81. The van der Waals surface area contributed by atoms with E-state index >= 15 is 0 Å². The molecule has 1 aromatic heterocycles. The Balaban J connectivity index is 2.14. The molecule has 1 aliphatic heterocycles. The van der Waals surface area contributed by atoms with E-state index in [1.54, 1.807) is 0 Å². The fourth-order valence-electron chi connectivity index (χ4n) is 1.30. The number of ether oxygens (including phenoxy) is 1. The van der Waals surface area contributed by atoms with Crippen LogP contribution in [0.5, 0.6) is 5.88 Å². The third-order valence-corrected chi connectivity index (χ3v) is 1.96. The van der Waals surface area contributed by atoms with Crippen LogP contribution >= 0.6 is 0 Å². The van der Waals surface area contributed by atoms with Crippen molar-refractivity contribution in [1.29, 1.82) is 0 Å². The minimum atomic E-state index is -0.239. The number of anilines is 1. The molecule has 1 saturated heterocycles. The first-order chi connectivity index (χ1) is 6.36. The Labute approximate surface area is 76.0 Å². The third-order valence-electron chi connectivity index (χ3n) is 1.96. The van der Waals surface area contributed by atoms with Crippen molar-refractivity contribution in [2.45, 2.75) is 0 Å². The van der Waals surface area contributed by atoms with E-state index in [0.29, 0.717) is 19.0 Å². The van der Waals surface area contributed by atoms with E-state index in [4.69, 9.17) is 4.74 Å². The number of aromatic nitrogens is 2. The van der Waals surface area contributed by atoms with Gasteiger partial charge in [0, 0.05) is 19.2 Å². The molecular weight excluding hydrogens is 170 g/mol. The zero-order chi connectivity index (χ0) is 9.10. The topological polar surface area (TPSA) is 58.2 Å². The summed E-state index contributed by atoms with van der Waals surface area (Å²) in [5, 5.41) is 10.9. The molecular formula is C8H10N3O2. The van der Waals surface area contributed by atoms with Gasteiger partial charge in [-0.3, -0.25) is 5.11 Å². The lowest BCUT2D eigenvalue weighted by Gasteiger charge is -2.27. The van der Waals surface area contributed by atoms with E-state index in [-0.39, 0.29) is 5.88 Å². The van der Waals surface area contributed by atoms with Gasteiger partial charge in [0.1, 0.15) is 12.1 Å². The zero-order valence-electron chi connectivity index (χ0n) is 7.14. The first kappa shape index (κ1) is 8.25. The van der Waals surface area contributed by atoms with E-state index in [1.165, 1.54) is 12.4 Å². The fraction of sp³-hybridized carbons (Fsp3) is 0.500. The molecule has 0 spiro atoms. The smallest absolute Gasteiger partial charge is 0.274 e. The predicted molar refractivity (Wildman–Crippen MR) is 45.2 cm³/mol. The summed E-state index contributed by atoms with van der Waals surface area (Å²) in [6.45, 7) is 2.96. The van der Waals surface area contributed by atoms with Gasteiger partial charge in [-0.05, 0) is 0 Å². The van der Waals surface area contributed by atoms with Crippen molar-refractivity contribution in [3.8, 4) is 5.88 Å². The van der Waals surface area contributed by atoms with Crippen molar-refractivity contribution < 1.29 is 9.84 Å². The summed E-state index contributed by atoms with van der Waals surface area (Å²) in [7, 11) is 0. The average Bonchev–Trinajstić information content (AvgIpc) is 2.19. The molecule has 1 fully saturated rings. The van der Waals surface area contributed by atoms with Crippen LogP contribution < -0.4 is 4.90 Å². The molecule has 0 N–H and O–H groups in total. The number of hydrogen-bond donors (Lipinski definition) is 0. The average molecular weight is 180 g/mol. The summed E-state index contributed by atoms with van der Waals surface area (Å²) in [5.74, 6) is 0.458. The molecule has 0 aromatic carbocycles. The number of nitrogens with zero attached hydrogens (tertiary/aromatic N) is 3. The Bertz CT molecular complexity index is 286. The monoisotopic (exact) mass is 180 g/mol. The molecule has 13 heavy (non-hydrogen) atoms. The van der Waals surface area contributed by atoms with E-state index < -0.39 is 0 Å². The van der Waals surface area contributed by atoms with Crippen molar-refractivity contribution in [1.82, 2.24) is 9.97 Å². The van der Waals surface area contributed by atoms with E-state index in [0.717, 1.165) is 13.1 Å². The lowest BCUT2D eigenvalue weighted by Crippen LogP contribution is -2.36. The molecule has 5 nitrogen and oxygen atoms in total. The molecule has 2 rings (SSSR count). The van der Waals surface area contributed by atoms with Gasteiger partial charge in [0.25, 0.3) is 5.88 Å². The van der Waals surface area contributed by atoms with Gasteiger partial charge in [0.05, 0.1) is 13.2 Å². The van der Waals surface area contributed by atoms with E-state index in [9.17, 15) is 5.11 Å². The van der Waals surface area contributed by atoms with Gasteiger partial charge in [0.15, 0.2) is 0 Å². The van der Waals surface area contributed by atoms with Crippen LogP contribution in [0.4, 0.5) is 5.82 Å². The molecule has 2 heterocycles. The van der Waals surface area contributed by atoms with Crippen LogP contribution in [0.3, 0.4) is 0 Å². The fourth-order valence-corrected chi connectivity index (χ4v) is 1.30. The van der Waals surface area contributed by atoms with Crippen LogP contribution in [-0.4, -0.2) is 36.3 Å². The molecule has 0 amide bonds. The summed E-state index contributed by atoms with van der Waals surface area (Å²) in [4.78, 5) is 9.55. The van der Waals surface area contributed by atoms with Crippen molar-refractivity contribution in [3.05, 3.63) is 12.4 Å². The SMILES string of the molecule is [O]c1cc(N2CCOCC2)ncn1. The number of rotatable bonds is 1. The van der Waals surface area contributed by atoms with Gasteiger partial charge in [0.2, 0.25) is 0 Å². The minimum Gasteiger partial charge on any atom is -0.378 e. The van der Waals surface area contributed by atoms with Crippen LogP contribution in [0, 0.1) is 0 Å². The highest BCUT2D eigenvalue weighted by molar-refractivity contribution is 5.40. The van der Waals surface area contributed by atoms with Crippen LogP contribution in [-0.2, 0) is 9.84 Å². The van der Waals surface area contributed by atoms with Crippen molar-refractivity contribution in [2.24, 2.45) is 0 Å². The maximum atomic E-state index is 10.9.